The molecule has 2 aromatic carbocycles. The van der Waals surface area contributed by atoms with Gasteiger partial charge in [0.2, 0.25) is 5.82 Å². The van der Waals surface area contributed by atoms with Crippen LogP contribution in [0.15, 0.2) is 48.5 Å². The molecule has 0 saturated heterocycles. The van der Waals surface area contributed by atoms with Crippen molar-refractivity contribution in [2.24, 2.45) is 0 Å². The smallest absolute Gasteiger partial charge is 0.204 e. The summed E-state index contributed by atoms with van der Waals surface area (Å²) in [5, 5.41) is 24.3. The zero-order valence-corrected chi connectivity index (χ0v) is 12.6. The number of nitrogens with zero attached hydrogens (tertiary/aromatic N) is 4. The number of hydrogen-bond acceptors (Lipinski definition) is 5. The molecule has 0 unspecified atom stereocenters. The summed E-state index contributed by atoms with van der Waals surface area (Å²) in [5.41, 5.74) is 4.39. The Kier molecular flexibility index (Phi) is 3.61. The van der Waals surface area contributed by atoms with Crippen molar-refractivity contribution in [2.75, 3.05) is 6.54 Å². The van der Waals surface area contributed by atoms with Gasteiger partial charge in [-0.15, -0.1) is 10.2 Å². The molecule has 116 valence electrons. The Balaban J connectivity index is 1.49. The highest BCUT2D eigenvalue weighted by molar-refractivity contribution is 5.54. The number of hydrogen-bond donors (Lipinski definition) is 2. The predicted molar refractivity (Wildman–Crippen MR) is 85.1 cm³/mol. The fourth-order valence-electron chi connectivity index (χ4n) is 3.07. The number of tetrazole rings is 1. The monoisotopic (exact) mass is 307 g/mol. The van der Waals surface area contributed by atoms with Gasteiger partial charge in [0.05, 0.1) is 6.10 Å². The number of β-amino-alcohol motifs (C(OH)–C–C–N with tert-alkyl or cyclic N) is 1. The second-order valence-corrected chi connectivity index (χ2v) is 5.82. The molecule has 0 aliphatic carbocycles. The summed E-state index contributed by atoms with van der Waals surface area (Å²) < 4.78 is 0. The average molecular weight is 307 g/mol. The van der Waals surface area contributed by atoms with E-state index in [0.29, 0.717) is 12.4 Å². The van der Waals surface area contributed by atoms with Crippen molar-refractivity contribution in [3.63, 3.8) is 0 Å². The standard InChI is InChI=1S/C17H17N5O/c23-16-11-22(10-14-3-1-2-4-15(14)16)9-12-5-7-13(8-6-12)17-18-20-21-19-17/h1-8,16,23H,9-11H2,(H,18,19,20,21)/t16-/m0/s1. The Morgan fingerprint density at radius 1 is 1.13 bits per heavy atom. The van der Waals surface area contributed by atoms with E-state index in [1.165, 1.54) is 11.1 Å². The number of H-pyrrole nitrogens is 1. The third-order valence-corrected chi connectivity index (χ3v) is 4.20. The predicted octanol–water partition coefficient (Wildman–Crippen LogP) is 1.92. The second kappa shape index (κ2) is 5.91. The molecule has 0 bridgehead atoms. The second-order valence-electron chi connectivity index (χ2n) is 5.82. The first kappa shape index (κ1) is 14.0. The van der Waals surface area contributed by atoms with Gasteiger partial charge in [0, 0.05) is 25.2 Å². The van der Waals surface area contributed by atoms with Gasteiger partial charge in [0.15, 0.2) is 0 Å². The zero-order valence-electron chi connectivity index (χ0n) is 12.6. The summed E-state index contributed by atoms with van der Waals surface area (Å²) in [4.78, 5) is 2.26. The normalized spacial score (nSPS) is 17.9. The molecule has 0 spiro atoms. The van der Waals surface area contributed by atoms with Crippen LogP contribution in [0.1, 0.15) is 22.8 Å². The molecule has 0 saturated carbocycles. The largest absolute Gasteiger partial charge is 0.387 e. The molecule has 0 fully saturated rings. The van der Waals surface area contributed by atoms with Gasteiger partial charge < -0.3 is 5.11 Å². The topological polar surface area (TPSA) is 77.9 Å². The number of aromatic amines is 1. The molecule has 1 aromatic heterocycles. The molecule has 23 heavy (non-hydrogen) atoms. The van der Waals surface area contributed by atoms with Crippen LogP contribution in [0.2, 0.25) is 0 Å². The van der Waals surface area contributed by atoms with E-state index < -0.39 is 6.10 Å². The number of rotatable bonds is 3. The third kappa shape index (κ3) is 2.86. The highest BCUT2D eigenvalue weighted by Gasteiger charge is 2.23. The first-order valence-electron chi connectivity index (χ1n) is 7.60. The van der Waals surface area contributed by atoms with Crippen molar-refractivity contribution >= 4 is 0 Å². The average Bonchev–Trinajstić information content (AvgIpc) is 3.10. The minimum atomic E-state index is -0.418. The van der Waals surface area contributed by atoms with Crippen LogP contribution in [0.25, 0.3) is 11.4 Å². The van der Waals surface area contributed by atoms with Crippen molar-refractivity contribution in [1.29, 1.82) is 0 Å². The molecule has 6 heteroatoms. The Morgan fingerprint density at radius 2 is 1.96 bits per heavy atom. The quantitative estimate of drug-likeness (QED) is 0.773. The van der Waals surface area contributed by atoms with E-state index >= 15 is 0 Å². The Hall–Kier alpha value is -2.57. The van der Waals surface area contributed by atoms with E-state index in [1.54, 1.807) is 0 Å². The summed E-state index contributed by atoms with van der Waals surface area (Å²) in [6, 6.07) is 16.2. The van der Waals surface area contributed by atoms with Gasteiger partial charge in [-0.2, -0.15) is 5.21 Å². The maximum absolute atomic E-state index is 10.3. The van der Waals surface area contributed by atoms with Crippen LogP contribution in [0, 0.1) is 0 Å². The fourth-order valence-corrected chi connectivity index (χ4v) is 3.07. The molecule has 0 amide bonds. The number of aromatic nitrogens is 4. The first-order valence-corrected chi connectivity index (χ1v) is 7.60. The molecule has 1 aliphatic heterocycles. The van der Waals surface area contributed by atoms with Crippen LogP contribution < -0.4 is 0 Å². The molecule has 2 heterocycles. The minimum Gasteiger partial charge on any atom is -0.387 e. The molecular weight excluding hydrogens is 290 g/mol. The van der Waals surface area contributed by atoms with E-state index in [1.807, 2.05) is 30.3 Å². The van der Waals surface area contributed by atoms with Crippen LogP contribution >= 0.6 is 0 Å². The summed E-state index contributed by atoms with van der Waals surface area (Å²) >= 11 is 0. The summed E-state index contributed by atoms with van der Waals surface area (Å²) in [5.74, 6) is 0.596. The van der Waals surface area contributed by atoms with Crippen LogP contribution in [0.3, 0.4) is 0 Å². The lowest BCUT2D eigenvalue weighted by Gasteiger charge is -2.32. The van der Waals surface area contributed by atoms with E-state index in [9.17, 15) is 5.11 Å². The Bertz CT molecular complexity index is 785. The minimum absolute atomic E-state index is 0.418. The number of aliphatic hydroxyl groups is 1. The fraction of sp³-hybridized carbons (Fsp3) is 0.235. The summed E-state index contributed by atoms with van der Waals surface area (Å²) in [7, 11) is 0. The maximum atomic E-state index is 10.3. The van der Waals surface area contributed by atoms with E-state index in [2.05, 4.69) is 43.7 Å². The summed E-state index contributed by atoms with van der Waals surface area (Å²) in [6.45, 7) is 2.32. The molecular formula is C17H17N5O. The van der Waals surface area contributed by atoms with Gasteiger partial charge in [0.1, 0.15) is 0 Å². The Labute approximate surface area is 133 Å². The van der Waals surface area contributed by atoms with Crippen molar-refractivity contribution in [2.45, 2.75) is 19.2 Å². The van der Waals surface area contributed by atoms with Gasteiger partial charge in [-0.3, -0.25) is 4.90 Å². The van der Waals surface area contributed by atoms with Crippen LogP contribution in [-0.4, -0.2) is 37.2 Å². The lowest BCUT2D eigenvalue weighted by molar-refractivity contribution is 0.0882. The van der Waals surface area contributed by atoms with Crippen LogP contribution in [0.5, 0.6) is 0 Å². The van der Waals surface area contributed by atoms with Crippen molar-refractivity contribution in [1.82, 2.24) is 25.5 Å². The zero-order chi connectivity index (χ0) is 15.6. The molecule has 1 aliphatic rings. The molecule has 2 N–H and O–H groups in total. The SMILES string of the molecule is O[C@H]1CN(Cc2ccc(-c3nn[nH]n3)cc2)Cc2ccccc21. The molecule has 1 atom stereocenters. The number of aliphatic hydroxyl groups excluding tert-OH is 1. The molecule has 3 aromatic rings. The molecule has 0 radical (unpaired) electrons. The number of nitrogens with one attached hydrogen (secondary N) is 1. The maximum Gasteiger partial charge on any atom is 0.204 e. The van der Waals surface area contributed by atoms with Gasteiger partial charge in [-0.05, 0) is 21.9 Å². The van der Waals surface area contributed by atoms with Gasteiger partial charge >= 0.3 is 0 Å². The first-order chi connectivity index (χ1) is 11.3. The number of benzene rings is 2. The Morgan fingerprint density at radius 3 is 2.74 bits per heavy atom. The lowest BCUT2D eigenvalue weighted by atomic mass is 9.97. The third-order valence-electron chi connectivity index (χ3n) is 4.20. The van der Waals surface area contributed by atoms with E-state index in [4.69, 9.17) is 0 Å². The van der Waals surface area contributed by atoms with Crippen molar-refractivity contribution in [3.8, 4) is 11.4 Å². The molecule has 6 nitrogen and oxygen atoms in total. The van der Waals surface area contributed by atoms with Crippen LogP contribution in [0.4, 0.5) is 0 Å². The van der Waals surface area contributed by atoms with Gasteiger partial charge in [0.25, 0.3) is 0 Å². The van der Waals surface area contributed by atoms with Gasteiger partial charge in [-0.25, -0.2) is 0 Å². The lowest BCUT2D eigenvalue weighted by Crippen LogP contribution is -2.33. The van der Waals surface area contributed by atoms with Crippen LogP contribution in [-0.2, 0) is 13.1 Å². The summed E-state index contributed by atoms with van der Waals surface area (Å²) in [6.07, 6.45) is -0.418. The van der Waals surface area contributed by atoms with E-state index in [0.717, 1.165) is 24.2 Å². The van der Waals surface area contributed by atoms with Gasteiger partial charge in [-0.1, -0.05) is 48.5 Å². The number of fused-ring (bicyclic) bond motifs is 1. The van der Waals surface area contributed by atoms with E-state index in [-0.39, 0.29) is 0 Å². The van der Waals surface area contributed by atoms with Crippen molar-refractivity contribution < 1.29 is 5.11 Å². The highest BCUT2D eigenvalue weighted by Crippen LogP contribution is 2.27. The molecule has 4 rings (SSSR count). The van der Waals surface area contributed by atoms with Crippen molar-refractivity contribution in [3.05, 3.63) is 65.2 Å². The highest BCUT2D eigenvalue weighted by atomic mass is 16.3.